The smallest absolute Gasteiger partial charge is 0.340 e. The van der Waals surface area contributed by atoms with Crippen LogP contribution in [0.5, 0.6) is 11.5 Å². The molecule has 1 atom stereocenters. The fourth-order valence-electron chi connectivity index (χ4n) is 3.16. The first-order valence-electron chi connectivity index (χ1n) is 8.94. The van der Waals surface area contributed by atoms with Crippen LogP contribution in [0.4, 0.5) is 0 Å². The Morgan fingerprint density at radius 1 is 1.22 bits per heavy atom. The van der Waals surface area contributed by atoms with E-state index < -0.39 is 12.1 Å². The van der Waals surface area contributed by atoms with E-state index in [1.807, 2.05) is 37.5 Å². The van der Waals surface area contributed by atoms with E-state index >= 15 is 0 Å². The molecule has 1 N–H and O–H groups in total. The molecule has 7 nitrogen and oxygen atoms in total. The van der Waals surface area contributed by atoms with E-state index in [-0.39, 0.29) is 12.7 Å². The van der Waals surface area contributed by atoms with Crippen LogP contribution in [0.25, 0.3) is 0 Å². The maximum Gasteiger partial charge on any atom is 0.340 e. The van der Waals surface area contributed by atoms with E-state index in [1.165, 1.54) is 0 Å². The van der Waals surface area contributed by atoms with Crippen molar-refractivity contribution in [2.45, 2.75) is 46.9 Å². The van der Waals surface area contributed by atoms with Crippen molar-refractivity contribution in [3.05, 3.63) is 46.8 Å². The fraction of sp³-hybridized carbons (Fsp3) is 0.400. The molecule has 0 fully saturated rings. The number of aryl methyl sites for hydroxylation is 1. The highest BCUT2D eigenvalue weighted by Gasteiger charge is 2.22. The number of fused-ring (bicyclic) bond motifs is 1. The number of benzene rings is 1. The molecule has 0 bridgehead atoms. The Morgan fingerprint density at radius 2 is 1.96 bits per heavy atom. The Kier molecular flexibility index (Phi) is 5.39. The first-order valence-corrected chi connectivity index (χ1v) is 8.94. The Morgan fingerprint density at radius 3 is 2.67 bits per heavy atom. The van der Waals surface area contributed by atoms with Crippen LogP contribution < -0.4 is 14.8 Å². The van der Waals surface area contributed by atoms with Crippen molar-refractivity contribution in [1.82, 2.24) is 9.88 Å². The molecule has 0 spiro atoms. The van der Waals surface area contributed by atoms with Crippen LogP contribution in [-0.4, -0.2) is 29.3 Å². The molecule has 0 saturated carbocycles. The molecule has 2 heterocycles. The summed E-state index contributed by atoms with van der Waals surface area (Å²) in [5.74, 6) is 0.503. The number of hydrogen-bond donors (Lipinski definition) is 1. The van der Waals surface area contributed by atoms with Crippen molar-refractivity contribution in [1.29, 1.82) is 0 Å². The number of carbonyl (C=O) groups excluding carboxylic acids is 2. The summed E-state index contributed by atoms with van der Waals surface area (Å²) >= 11 is 0. The summed E-state index contributed by atoms with van der Waals surface area (Å²) in [5, 5.41) is 2.77. The first kappa shape index (κ1) is 18.8. The van der Waals surface area contributed by atoms with E-state index in [4.69, 9.17) is 14.2 Å². The number of carbonyl (C=O) groups is 2. The first-order chi connectivity index (χ1) is 12.9. The van der Waals surface area contributed by atoms with E-state index in [1.54, 1.807) is 19.1 Å². The highest BCUT2D eigenvalue weighted by atomic mass is 16.7. The fourth-order valence-corrected chi connectivity index (χ4v) is 3.16. The summed E-state index contributed by atoms with van der Waals surface area (Å²) in [4.78, 5) is 24.7. The van der Waals surface area contributed by atoms with Crippen LogP contribution >= 0.6 is 0 Å². The van der Waals surface area contributed by atoms with Gasteiger partial charge in [0, 0.05) is 24.5 Å². The predicted molar refractivity (Wildman–Crippen MR) is 98.9 cm³/mol. The second-order valence-corrected chi connectivity index (χ2v) is 6.48. The molecule has 1 amide bonds. The number of ether oxygens (including phenoxy) is 3. The van der Waals surface area contributed by atoms with E-state index in [0.717, 1.165) is 23.5 Å². The molecule has 2 aromatic rings. The van der Waals surface area contributed by atoms with Crippen LogP contribution in [-0.2, 0) is 22.6 Å². The van der Waals surface area contributed by atoms with E-state index in [2.05, 4.69) is 5.32 Å². The zero-order valence-electron chi connectivity index (χ0n) is 16.0. The second-order valence-electron chi connectivity index (χ2n) is 6.48. The van der Waals surface area contributed by atoms with Gasteiger partial charge in [0.1, 0.15) is 0 Å². The number of amides is 1. The van der Waals surface area contributed by atoms with Gasteiger partial charge < -0.3 is 24.1 Å². The molecule has 7 heteroatoms. The lowest BCUT2D eigenvalue weighted by molar-refractivity contribution is -0.129. The summed E-state index contributed by atoms with van der Waals surface area (Å²) in [6.07, 6.45) is -0.892. The van der Waals surface area contributed by atoms with Gasteiger partial charge in [0.25, 0.3) is 5.91 Å². The minimum absolute atomic E-state index is 0.205. The molecule has 0 saturated heterocycles. The molecule has 144 valence electrons. The lowest BCUT2D eigenvalue weighted by Crippen LogP contribution is -2.35. The standard InChI is InChI=1S/C20H24N2O5/c1-5-22-12(2)8-16(13(22)3)20(24)27-14(4)19(23)21-10-15-6-7-17-18(9-15)26-11-25-17/h6-9,14H,5,10-11H2,1-4H3,(H,21,23)/t14-/m1/s1. The highest BCUT2D eigenvalue weighted by Crippen LogP contribution is 2.32. The zero-order valence-corrected chi connectivity index (χ0v) is 16.0. The zero-order chi connectivity index (χ0) is 19.6. The van der Waals surface area contributed by atoms with Gasteiger partial charge >= 0.3 is 5.97 Å². The highest BCUT2D eigenvalue weighted by molar-refractivity contribution is 5.93. The quantitative estimate of drug-likeness (QED) is 0.789. The van der Waals surface area contributed by atoms with Gasteiger partial charge in [-0.3, -0.25) is 4.79 Å². The van der Waals surface area contributed by atoms with Crippen LogP contribution in [0.3, 0.4) is 0 Å². The SMILES string of the molecule is CCn1c(C)cc(C(=O)O[C@H](C)C(=O)NCc2ccc3c(c2)OCO3)c1C. The maximum atomic E-state index is 12.4. The predicted octanol–water partition coefficient (Wildman–Crippen LogP) is 2.72. The van der Waals surface area contributed by atoms with Crippen LogP contribution in [0.1, 0.15) is 41.2 Å². The lowest BCUT2D eigenvalue weighted by Gasteiger charge is -2.14. The van der Waals surface area contributed by atoms with Crippen LogP contribution in [0, 0.1) is 13.8 Å². The molecule has 0 aliphatic carbocycles. The molecule has 1 aromatic heterocycles. The summed E-state index contributed by atoms with van der Waals surface area (Å²) < 4.78 is 18.0. The Balaban J connectivity index is 1.57. The van der Waals surface area contributed by atoms with Gasteiger partial charge in [-0.15, -0.1) is 0 Å². The van der Waals surface area contributed by atoms with E-state index in [0.29, 0.717) is 23.6 Å². The van der Waals surface area contributed by atoms with Gasteiger partial charge in [-0.1, -0.05) is 6.07 Å². The number of hydrogen-bond acceptors (Lipinski definition) is 5. The van der Waals surface area contributed by atoms with Gasteiger partial charge in [0.15, 0.2) is 17.6 Å². The normalized spacial score (nSPS) is 13.3. The van der Waals surface area contributed by atoms with E-state index in [9.17, 15) is 9.59 Å². The molecule has 1 aliphatic rings. The van der Waals surface area contributed by atoms with Crippen LogP contribution in [0.15, 0.2) is 24.3 Å². The maximum absolute atomic E-state index is 12.4. The number of nitrogens with one attached hydrogen (secondary N) is 1. The Labute approximate surface area is 158 Å². The summed E-state index contributed by atoms with van der Waals surface area (Å²) in [7, 11) is 0. The molecular formula is C20H24N2O5. The molecule has 0 unspecified atom stereocenters. The van der Waals surface area contributed by atoms with Crippen molar-refractivity contribution in [2.24, 2.45) is 0 Å². The van der Waals surface area contributed by atoms with Crippen molar-refractivity contribution < 1.29 is 23.8 Å². The Bertz CT molecular complexity index is 871. The number of esters is 1. The third-order valence-electron chi connectivity index (χ3n) is 4.67. The van der Waals surface area contributed by atoms with Crippen LogP contribution in [0.2, 0.25) is 0 Å². The third kappa shape index (κ3) is 3.92. The molecule has 0 radical (unpaired) electrons. The molecule has 1 aliphatic heterocycles. The minimum atomic E-state index is -0.892. The van der Waals surface area contributed by atoms with Crippen molar-refractivity contribution >= 4 is 11.9 Å². The summed E-state index contributed by atoms with van der Waals surface area (Å²) in [6, 6.07) is 7.26. The van der Waals surface area contributed by atoms with Gasteiger partial charge in [-0.05, 0) is 51.5 Å². The van der Waals surface area contributed by atoms with Crippen molar-refractivity contribution in [3.63, 3.8) is 0 Å². The van der Waals surface area contributed by atoms with Crippen molar-refractivity contribution in [3.8, 4) is 11.5 Å². The largest absolute Gasteiger partial charge is 0.454 e. The average molecular weight is 372 g/mol. The van der Waals surface area contributed by atoms with Gasteiger partial charge in [0.05, 0.1) is 5.56 Å². The molecule has 1 aromatic carbocycles. The average Bonchev–Trinajstić information content (AvgIpc) is 3.22. The molecule has 3 rings (SSSR count). The lowest BCUT2D eigenvalue weighted by atomic mass is 10.2. The Hall–Kier alpha value is -2.96. The topological polar surface area (TPSA) is 78.8 Å². The number of aromatic nitrogens is 1. The summed E-state index contributed by atoms with van der Waals surface area (Å²) in [6.45, 7) is 8.68. The monoisotopic (exact) mass is 372 g/mol. The number of rotatable bonds is 6. The number of nitrogens with zero attached hydrogens (tertiary/aromatic N) is 1. The van der Waals surface area contributed by atoms with Gasteiger partial charge in [-0.2, -0.15) is 0 Å². The summed E-state index contributed by atoms with van der Waals surface area (Å²) in [5.41, 5.74) is 3.19. The molecule has 27 heavy (non-hydrogen) atoms. The third-order valence-corrected chi connectivity index (χ3v) is 4.67. The minimum Gasteiger partial charge on any atom is -0.454 e. The molecular weight excluding hydrogens is 348 g/mol. The van der Waals surface area contributed by atoms with Crippen molar-refractivity contribution in [2.75, 3.05) is 6.79 Å². The van der Waals surface area contributed by atoms with Gasteiger partial charge in [0.2, 0.25) is 6.79 Å². The second kappa shape index (κ2) is 7.73. The van der Waals surface area contributed by atoms with Gasteiger partial charge in [-0.25, -0.2) is 4.79 Å².